The topological polar surface area (TPSA) is 117 Å². The fraction of sp³-hybridized carbons (Fsp3) is 0.292. The van der Waals surface area contributed by atoms with E-state index in [1.54, 1.807) is 30.3 Å². The Labute approximate surface area is 194 Å². The zero-order chi connectivity index (χ0) is 24.2. The van der Waals surface area contributed by atoms with Gasteiger partial charge in [-0.3, -0.25) is 24.5 Å². The van der Waals surface area contributed by atoms with Gasteiger partial charge in [-0.25, -0.2) is 4.39 Å². The van der Waals surface area contributed by atoms with Crippen molar-refractivity contribution in [3.63, 3.8) is 0 Å². The minimum absolute atomic E-state index is 0.0912. The maximum absolute atomic E-state index is 13.5. The Hall–Kier alpha value is -4.08. The van der Waals surface area contributed by atoms with Crippen molar-refractivity contribution in [3.8, 4) is 0 Å². The highest BCUT2D eigenvalue weighted by molar-refractivity contribution is 6.39. The van der Waals surface area contributed by atoms with Crippen LogP contribution in [-0.2, 0) is 38.7 Å². The van der Waals surface area contributed by atoms with Crippen molar-refractivity contribution in [2.75, 3.05) is 7.11 Å². The van der Waals surface area contributed by atoms with Gasteiger partial charge in [0, 0.05) is 31.5 Å². The first-order valence-corrected chi connectivity index (χ1v) is 10.7. The van der Waals surface area contributed by atoms with Crippen molar-refractivity contribution in [1.82, 2.24) is 15.5 Å². The minimum Gasteiger partial charge on any atom is -0.399 e. The molecule has 1 saturated heterocycles. The van der Waals surface area contributed by atoms with Gasteiger partial charge in [-0.15, -0.1) is 0 Å². The summed E-state index contributed by atoms with van der Waals surface area (Å²) in [7, 11) is 1.32. The van der Waals surface area contributed by atoms with Crippen LogP contribution < -0.4 is 10.6 Å². The Kier molecular flexibility index (Phi) is 6.67. The molecule has 0 bridgehead atoms. The monoisotopic (exact) mass is 466 g/mol. The van der Waals surface area contributed by atoms with Crippen LogP contribution in [0.25, 0.3) is 0 Å². The lowest BCUT2D eigenvalue weighted by atomic mass is 10.0. The number of oxime groups is 1. The van der Waals surface area contributed by atoms with Crippen LogP contribution in [-0.4, -0.2) is 47.4 Å². The molecule has 1 atom stereocenters. The lowest BCUT2D eigenvalue weighted by Gasteiger charge is -2.29. The van der Waals surface area contributed by atoms with Crippen molar-refractivity contribution in [3.05, 3.63) is 70.5 Å². The van der Waals surface area contributed by atoms with Crippen LogP contribution in [0.15, 0.2) is 47.6 Å². The summed E-state index contributed by atoms with van der Waals surface area (Å²) in [5.74, 6) is -1.93. The molecule has 176 valence electrons. The lowest BCUT2D eigenvalue weighted by molar-refractivity contribution is -0.137. The smallest absolute Gasteiger partial charge is 0.269 e. The van der Waals surface area contributed by atoms with E-state index in [0.29, 0.717) is 17.5 Å². The highest BCUT2D eigenvalue weighted by Crippen LogP contribution is 2.28. The van der Waals surface area contributed by atoms with Crippen molar-refractivity contribution >= 4 is 29.3 Å². The maximum Gasteiger partial charge on any atom is 0.269 e. The Bertz CT molecular complexity index is 1200. The van der Waals surface area contributed by atoms with Gasteiger partial charge in [0.05, 0.1) is 0 Å². The number of halogens is 1. The first-order valence-electron chi connectivity index (χ1n) is 10.7. The quantitative estimate of drug-likeness (QED) is 0.364. The number of amides is 4. The van der Waals surface area contributed by atoms with Crippen LogP contribution in [0, 0.1) is 5.82 Å². The number of benzene rings is 2. The highest BCUT2D eigenvalue weighted by atomic mass is 19.1. The molecule has 2 N–H and O–H groups in total. The van der Waals surface area contributed by atoms with Gasteiger partial charge >= 0.3 is 0 Å². The summed E-state index contributed by atoms with van der Waals surface area (Å²) in [6, 6.07) is 10.4. The number of carbonyl (C=O) groups excluding carboxylic acids is 4. The first-order chi connectivity index (χ1) is 16.4. The molecule has 10 heteroatoms. The van der Waals surface area contributed by atoms with Crippen LogP contribution in [0.5, 0.6) is 0 Å². The third-order valence-corrected chi connectivity index (χ3v) is 5.77. The second-order valence-corrected chi connectivity index (χ2v) is 8.10. The molecule has 0 spiro atoms. The number of carbonyl (C=O) groups is 4. The summed E-state index contributed by atoms with van der Waals surface area (Å²) in [5, 5.41) is 8.81. The Balaban J connectivity index is 1.41. The fourth-order valence-corrected chi connectivity index (χ4v) is 4.13. The van der Waals surface area contributed by atoms with Crippen molar-refractivity contribution in [2.45, 2.75) is 38.4 Å². The molecule has 2 aliphatic rings. The second kappa shape index (κ2) is 9.82. The number of nitrogens with one attached hydrogen (secondary N) is 2. The Morgan fingerprint density at radius 3 is 2.76 bits per heavy atom. The molecule has 34 heavy (non-hydrogen) atoms. The number of fused-ring (bicyclic) bond motifs is 1. The van der Waals surface area contributed by atoms with Gasteiger partial charge in [0.25, 0.3) is 11.8 Å². The van der Waals surface area contributed by atoms with E-state index in [1.807, 2.05) is 0 Å². The predicted octanol–water partition coefficient (Wildman–Crippen LogP) is 1.45. The van der Waals surface area contributed by atoms with E-state index in [9.17, 15) is 23.6 Å². The maximum atomic E-state index is 13.5. The molecule has 0 radical (unpaired) electrons. The summed E-state index contributed by atoms with van der Waals surface area (Å²) in [6.07, 6.45) is 0.575. The van der Waals surface area contributed by atoms with Crippen LogP contribution in [0.1, 0.15) is 39.9 Å². The molecular weight excluding hydrogens is 443 g/mol. The number of imide groups is 1. The van der Waals surface area contributed by atoms with Gasteiger partial charge < -0.3 is 15.1 Å². The van der Waals surface area contributed by atoms with Crippen molar-refractivity contribution < 1.29 is 28.4 Å². The molecule has 9 nitrogen and oxygen atoms in total. The third kappa shape index (κ3) is 4.95. The molecule has 0 aromatic heterocycles. The molecule has 0 saturated carbocycles. The number of hydrogen-bond acceptors (Lipinski definition) is 6. The molecule has 2 aliphatic heterocycles. The van der Waals surface area contributed by atoms with E-state index in [4.69, 9.17) is 4.84 Å². The van der Waals surface area contributed by atoms with Crippen LogP contribution >= 0.6 is 0 Å². The van der Waals surface area contributed by atoms with Crippen molar-refractivity contribution in [1.29, 1.82) is 0 Å². The predicted molar refractivity (Wildman–Crippen MR) is 119 cm³/mol. The molecule has 2 aromatic carbocycles. The summed E-state index contributed by atoms with van der Waals surface area (Å²) >= 11 is 0. The normalized spacial score (nSPS) is 17.9. The van der Waals surface area contributed by atoms with Crippen LogP contribution in [0.4, 0.5) is 4.39 Å². The molecule has 2 aromatic rings. The fourth-order valence-electron chi connectivity index (χ4n) is 4.13. The summed E-state index contributed by atoms with van der Waals surface area (Å²) in [5.41, 5.74) is 2.66. The molecule has 1 fully saturated rings. The van der Waals surface area contributed by atoms with E-state index >= 15 is 0 Å². The molecule has 4 amide bonds. The average molecular weight is 466 g/mol. The van der Waals surface area contributed by atoms with Gasteiger partial charge in [-0.05, 0) is 41.3 Å². The van der Waals surface area contributed by atoms with Gasteiger partial charge in [0.2, 0.25) is 11.8 Å². The standard InChI is InChI=1S/C24H23FN4O5/c1-34-28-19(11-14-3-2-4-17(25)10-14)22(31)26-12-15-5-6-18-16(9-15)13-29(24(18)33)20-7-8-21(30)27-23(20)32/h2-6,9-10,20H,7-8,11-13H2,1H3,(H,26,31)(H,27,30,32)/b28-19+. The van der Waals surface area contributed by atoms with E-state index < -0.39 is 23.7 Å². The molecule has 0 aliphatic carbocycles. The number of piperidine rings is 1. The number of nitrogens with zero attached hydrogens (tertiary/aromatic N) is 2. The molecular formula is C24H23FN4O5. The number of rotatable bonds is 7. The highest BCUT2D eigenvalue weighted by Gasteiger charge is 2.39. The summed E-state index contributed by atoms with van der Waals surface area (Å²) < 4.78 is 13.5. The van der Waals surface area contributed by atoms with Crippen LogP contribution in [0.2, 0.25) is 0 Å². The largest absolute Gasteiger partial charge is 0.399 e. The SMILES string of the molecule is CO/N=C(\Cc1cccc(F)c1)C(=O)NCc1ccc2c(c1)CN(C1CCC(=O)NC1=O)C2=O. The lowest BCUT2D eigenvalue weighted by Crippen LogP contribution is -2.52. The first kappa shape index (κ1) is 23.1. The van der Waals surface area contributed by atoms with Crippen LogP contribution in [0.3, 0.4) is 0 Å². The average Bonchev–Trinajstić information content (AvgIpc) is 3.12. The van der Waals surface area contributed by atoms with Gasteiger partial charge in [-0.2, -0.15) is 0 Å². The molecule has 1 unspecified atom stereocenters. The van der Waals surface area contributed by atoms with E-state index in [2.05, 4.69) is 15.8 Å². The van der Waals surface area contributed by atoms with E-state index in [1.165, 1.54) is 24.1 Å². The van der Waals surface area contributed by atoms with E-state index in [-0.39, 0.29) is 43.5 Å². The zero-order valence-corrected chi connectivity index (χ0v) is 18.5. The van der Waals surface area contributed by atoms with Gasteiger partial charge in [-0.1, -0.05) is 29.4 Å². The zero-order valence-electron chi connectivity index (χ0n) is 18.5. The molecule has 2 heterocycles. The second-order valence-electron chi connectivity index (χ2n) is 8.10. The minimum atomic E-state index is -0.684. The number of hydrogen-bond donors (Lipinski definition) is 2. The van der Waals surface area contributed by atoms with E-state index in [0.717, 1.165) is 11.1 Å². The van der Waals surface area contributed by atoms with Crippen molar-refractivity contribution in [2.24, 2.45) is 5.16 Å². The van der Waals surface area contributed by atoms with Gasteiger partial charge in [0.15, 0.2) is 0 Å². The van der Waals surface area contributed by atoms with Gasteiger partial charge in [0.1, 0.15) is 24.7 Å². The summed E-state index contributed by atoms with van der Waals surface area (Å²) in [6.45, 7) is 0.419. The summed E-state index contributed by atoms with van der Waals surface area (Å²) in [4.78, 5) is 55.3. The third-order valence-electron chi connectivity index (χ3n) is 5.77. The Morgan fingerprint density at radius 1 is 1.21 bits per heavy atom. The Morgan fingerprint density at radius 2 is 2.03 bits per heavy atom. The molecule has 4 rings (SSSR count).